The average Bonchev–Trinajstić information content (AvgIpc) is 2.65. The van der Waals surface area contributed by atoms with Gasteiger partial charge in [0.05, 0.1) is 7.11 Å². The number of methoxy groups -OCH3 is 1. The quantitative estimate of drug-likeness (QED) is 0.829. The van der Waals surface area contributed by atoms with Gasteiger partial charge in [-0.05, 0) is 49.4 Å². The molecule has 0 saturated carbocycles. The van der Waals surface area contributed by atoms with Crippen LogP contribution in [0.4, 0.5) is 0 Å². The minimum atomic E-state index is 0.687. The zero-order valence-electron chi connectivity index (χ0n) is 15.4. The van der Waals surface area contributed by atoms with Crippen LogP contribution in [0.15, 0.2) is 18.2 Å². The van der Waals surface area contributed by atoms with E-state index in [1.54, 1.807) is 7.11 Å². The topological polar surface area (TPSA) is 27.7 Å². The summed E-state index contributed by atoms with van der Waals surface area (Å²) in [5.74, 6) is 1.08. The fourth-order valence-corrected chi connectivity index (χ4v) is 4.22. The van der Waals surface area contributed by atoms with Crippen LogP contribution < -0.4 is 10.1 Å². The highest BCUT2D eigenvalue weighted by atomic mass is 16.5. The highest BCUT2D eigenvalue weighted by Crippen LogP contribution is 2.31. The van der Waals surface area contributed by atoms with E-state index in [4.69, 9.17) is 4.74 Å². The molecule has 1 aliphatic heterocycles. The van der Waals surface area contributed by atoms with Gasteiger partial charge >= 0.3 is 0 Å². The first-order chi connectivity index (χ1) is 11.8. The first kappa shape index (κ1) is 17.7. The van der Waals surface area contributed by atoms with Crippen LogP contribution in [0.25, 0.3) is 0 Å². The Morgan fingerprint density at radius 1 is 1.25 bits per heavy atom. The van der Waals surface area contributed by atoms with Crippen molar-refractivity contribution in [1.82, 2.24) is 15.1 Å². The molecule has 4 nitrogen and oxygen atoms in total. The Labute approximate surface area is 147 Å². The molecular weight excluding hydrogens is 298 g/mol. The van der Waals surface area contributed by atoms with Gasteiger partial charge < -0.3 is 10.1 Å². The van der Waals surface area contributed by atoms with Crippen molar-refractivity contribution in [3.05, 3.63) is 29.3 Å². The Bertz CT molecular complexity index is 514. The maximum Gasteiger partial charge on any atom is 0.122 e. The van der Waals surface area contributed by atoms with Crippen molar-refractivity contribution in [1.29, 1.82) is 0 Å². The van der Waals surface area contributed by atoms with Gasteiger partial charge in [-0.2, -0.15) is 0 Å². The zero-order valence-corrected chi connectivity index (χ0v) is 15.4. The van der Waals surface area contributed by atoms with Gasteiger partial charge in [-0.1, -0.05) is 19.1 Å². The molecule has 4 heteroatoms. The molecule has 0 bridgehead atoms. The number of piperazine rings is 1. The van der Waals surface area contributed by atoms with Crippen LogP contribution in [0, 0.1) is 0 Å². The van der Waals surface area contributed by atoms with E-state index in [0.29, 0.717) is 6.04 Å². The van der Waals surface area contributed by atoms with Crippen LogP contribution in [0.3, 0.4) is 0 Å². The van der Waals surface area contributed by atoms with Gasteiger partial charge in [0.25, 0.3) is 0 Å². The minimum Gasteiger partial charge on any atom is -0.496 e. The third kappa shape index (κ3) is 4.29. The minimum absolute atomic E-state index is 0.687. The molecule has 0 unspecified atom stereocenters. The molecule has 1 fully saturated rings. The fraction of sp³-hybridized carbons (Fsp3) is 0.700. The number of nitrogens with one attached hydrogen (secondary N) is 1. The third-order valence-corrected chi connectivity index (χ3v) is 5.57. The molecule has 0 radical (unpaired) electrons. The summed E-state index contributed by atoms with van der Waals surface area (Å²) in [6.45, 7) is 10.6. The summed E-state index contributed by atoms with van der Waals surface area (Å²) in [5, 5.41) is 3.45. The zero-order chi connectivity index (χ0) is 16.8. The van der Waals surface area contributed by atoms with Gasteiger partial charge in [0.1, 0.15) is 5.75 Å². The molecule has 24 heavy (non-hydrogen) atoms. The van der Waals surface area contributed by atoms with Gasteiger partial charge in [-0.3, -0.25) is 9.80 Å². The lowest BCUT2D eigenvalue weighted by atomic mass is 9.86. The average molecular weight is 332 g/mol. The lowest BCUT2D eigenvalue weighted by molar-refractivity contribution is 0.142. The number of rotatable bonds is 7. The summed E-state index contributed by atoms with van der Waals surface area (Å²) in [6.07, 6.45) is 4.82. The number of fused-ring (bicyclic) bond motifs is 1. The van der Waals surface area contributed by atoms with Crippen LogP contribution in [0.5, 0.6) is 5.75 Å². The summed E-state index contributed by atoms with van der Waals surface area (Å²) < 4.78 is 5.56. The Balaban J connectivity index is 1.61. The van der Waals surface area contributed by atoms with E-state index >= 15 is 0 Å². The molecule has 1 aliphatic carbocycles. The molecule has 0 spiro atoms. The predicted molar refractivity (Wildman–Crippen MR) is 100.0 cm³/mol. The van der Waals surface area contributed by atoms with Gasteiger partial charge in [0.15, 0.2) is 0 Å². The number of nitrogens with zero attached hydrogens (tertiary/aromatic N) is 2. The summed E-state index contributed by atoms with van der Waals surface area (Å²) in [6, 6.07) is 7.23. The summed E-state index contributed by atoms with van der Waals surface area (Å²) in [4.78, 5) is 5.35. The fourth-order valence-electron chi connectivity index (χ4n) is 4.22. The second-order valence-corrected chi connectivity index (χ2v) is 7.12. The second-order valence-electron chi connectivity index (χ2n) is 7.12. The van der Waals surface area contributed by atoms with Crippen molar-refractivity contribution in [2.45, 2.75) is 38.6 Å². The SMILES string of the molecule is CCCN(CCN1CCNCC1)[C@@H]1CCc2c(cccc2OC)C1. The highest BCUT2D eigenvalue weighted by molar-refractivity contribution is 5.42. The van der Waals surface area contributed by atoms with Crippen molar-refractivity contribution in [2.24, 2.45) is 0 Å². The number of benzene rings is 1. The third-order valence-electron chi connectivity index (χ3n) is 5.57. The smallest absolute Gasteiger partial charge is 0.122 e. The van der Waals surface area contributed by atoms with Gasteiger partial charge in [0.2, 0.25) is 0 Å². The first-order valence-corrected chi connectivity index (χ1v) is 9.63. The standard InChI is InChI=1S/C20H33N3O/c1-3-11-23(15-14-22-12-9-21-10-13-22)18-7-8-19-17(16-18)5-4-6-20(19)24-2/h4-6,18,21H,3,7-16H2,1-2H3/t18-/m1/s1. The van der Waals surface area contributed by atoms with Crippen LogP contribution in [0.1, 0.15) is 30.9 Å². The molecule has 2 aliphatic rings. The van der Waals surface area contributed by atoms with E-state index in [0.717, 1.165) is 25.3 Å². The summed E-state index contributed by atoms with van der Waals surface area (Å²) in [5.41, 5.74) is 2.93. The molecule has 1 heterocycles. The van der Waals surface area contributed by atoms with Crippen molar-refractivity contribution in [2.75, 3.05) is 52.9 Å². The van der Waals surface area contributed by atoms with Crippen molar-refractivity contribution in [3.8, 4) is 5.75 Å². The predicted octanol–water partition coefficient (Wildman–Crippen LogP) is 2.17. The highest BCUT2D eigenvalue weighted by Gasteiger charge is 2.26. The maximum absolute atomic E-state index is 5.56. The van der Waals surface area contributed by atoms with Crippen LogP contribution in [0.2, 0.25) is 0 Å². The Morgan fingerprint density at radius 3 is 2.83 bits per heavy atom. The molecule has 1 aromatic carbocycles. The molecule has 1 aromatic rings. The Morgan fingerprint density at radius 2 is 2.08 bits per heavy atom. The van der Waals surface area contributed by atoms with Crippen molar-refractivity contribution in [3.63, 3.8) is 0 Å². The summed E-state index contributed by atoms with van der Waals surface area (Å²) in [7, 11) is 1.79. The Kier molecular flexibility index (Phi) is 6.52. The van der Waals surface area contributed by atoms with Crippen LogP contribution in [-0.4, -0.2) is 68.8 Å². The largest absolute Gasteiger partial charge is 0.496 e. The molecule has 1 N–H and O–H groups in total. The summed E-state index contributed by atoms with van der Waals surface area (Å²) >= 11 is 0. The van der Waals surface area contributed by atoms with Gasteiger partial charge in [-0.15, -0.1) is 0 Å². The first-order valence-electron chi connectivity index (χ1n) is 9.63. The molecule has 3 rings (SSSR count). The van der Waals surface area contributed by atoms with Gasteiger partial charge in [-0.25, -0.2) is 0 Å². The van der Waals surface area contributed by atoms with Crippen LogP contribution >= 0.6 is 0 Å². The van der Waals surface area contributed by atoms with Crippen molar-refractivity contribution >= 4 is 0 Å². The molecule has 1 atom stereocenters. The maximum atomic E-state index is 5.56. The lowest BCUT2D eigenvalue weighted by Crippen LogP contribution is -2.48. The molecular formula is C20H33N3O. The van der Waals surface area contributed by atoms with E-state index in [1.807, 2.05) is 0 Å². The molecule has 0 aromatic heterocycles. The van der Waals surface area contributed by atoms with E-state index in [1.165, 1.54) is 63.1 Å². The van der Waals surface area contributed by atoms with E-state index in [9.17, 15) is 0 Å². The monoisotopic (exact) mass is 331 g/mol. The van der Waals surface area contributed by atoms with E-state index < -0.39 is 0 Å². The van der Waals surface area contributed by atoms with Crippen LogP contribution in [-0.2, 0) is 12.8 Å². The second kappa shape index (κ2) is 8.84. The molecule has 0 amide bonds. The van der Waals surface area contributed by atoms with Gasteiger partial charge in [0, 0.05) is 45.3 Å². The number of hydrogen-bond acceptors (Lipinski definition) is 4. The number of ether oxygens (including phenoxy) is 1. The number of hydrogen-bond donors (Lipinski definition) is 1. The van der Waals surface area contributed by atoms with E-state index in [2.05, 4.69) is 40.2 Å². The Hall–Kier alpha value is -1.10. The molecule has 134 valence electrons. The van der Waals surface area contributed by atoms with E-state index in [-0.39, 0.29) is 0 Å². The lowest BCUT2D eigenvalue weighted by Gasteiger charge is -2.37. The van der Waals surface area contributed by atoms with Crippen molar-refractivity contribution < 1.29 is 4.74 Å². The molecule has 1 saturated heterocycles. The normalized spacial score (nSPS) is 21.7.